The lowest BCUT2D eigenvalue weighted by molar-refractivity contribution is -0.143. The van der Waals surface area contributed by atoms with E-state index >= 15 is 0 Å². The first-order valence-corrected chi connectivity index (χ1v) is 10.8. The van der Waals surface area contributed by atoms with Crippen LogP contribution in [-0.4, -0.2) is 19.1 Å². The minimum Gasteiger partial charge on any atom is -0.466 e. The zero-order chi connectivity index (χ0) is 18.4. The molecule has 0 atom stereocenters. The Kier molecular flexibility index (Phi) is 20.5. The summed E-state index contributed by atoms with van der Waals surface area (Å²) in [6.07, 6.45) is 24.1. The van der Waals surface area contributed by atoms with Crippen LogP contribution in [-0.2, 0) is 9.53 Å². The van der Waals surface area contributed by atoms with E-state index in [0.717, 1.165) is 19.3 Å². The Morgan fingerprint density at radius 2 is 1.28 bits per heavy atom. The van der Waals surface area contributed by atoms with Crippen LogP contribution < -0.4 is 5.73 Å². The van der Waals surface area contributed by atoms with Crippen LogP contribution >= 0.6 is 0 Å². The van der Waals surface area contributed by atoms with Gasteiger partial charge in [0.05, 0.1) is 6.61 Å². The Hall–Kier alpha value is -0.830. The third-order valence-corrected chi connectivity index (χ3v) is 4.50. The van der Waals surface area contributed by atoms with Crippen LogP contribution in [0.2, 0.25) is 0 Å². The van der Waals surface area contributed by atoms with E-state index in [4.69, 9.17) is 10.5 Å². The molecule has 25 heavy (non-hydrogen) atoms. The molecule has 0 amide bonds. The summed E-state index contributed by atoms with van der Waals surface area (Å²) in [4.78, 5) is 11.3. The predicted molar refractivity (Wildman–Crippen MR) is 109 cm³/mol. The van der Waals surface area contributed by atoms with Crippen LogP contribution in [0.1, 0.15) is 110 Å². The Balaban J connectivity index is 3.13. The van der Waals surface area contributed by atoms with Gasteiger partial charge in [0, 0.05) is 6.42 Å². The quantitative estimate of drug-likeness (QED) is 0.168. The van der Waals surface area contributed by atoms with Gasteiger partial charge >= 0.3 is 5.97 Å². The van der Waals surface area contributed by atoms with Crippen LogP contribution in [0.15, 0.2) is 12.2 Å². The molecule has 0 bridgehead atoms. The maximum absolute atomic E-state index is 11.3. The van der Waals surface area contributed by atoms with E-state index in [0.29, 0.717) is 19.6 Å². The number of allylic oxidation sites excluding steroid dienone is 2. The molecule has 148 valence electrons. The molecule has 0 spiro atoms. The molecule has 0 aliphatic rings. The van der Waals surface area contributed by atoms with Crippen molar-refractivity contribution in [2.75, 3.05) is 13.2 Å². The topological polar surface area (TPSA) is 52.3 Å². The molecule has 2 N–H and O–H groups in total. The van der Waals surface area contributed by atoms with Crippen molar-refractivity contribution in [2.24, 2.45) is 5.73 Å². The Bertz CT molecular complexity index is 302. The van der Waals surface area contributed by atoms with Crippen molar-refractivity contribution in [3.8, 4) is 0 Å². The predicted octanol–water partition coefficient (Wildman–Crippen LogP) is 6.31. The maximum atomic E-state index is 11.3. The molecule has 0 aromatic carbocycles. The molecule has 0 unspecified atom stereocenters. The van der Waals surface area contributed by atoms with Gasteiger partial charge in [-0.3, -0.25) is 4.79 Å². The lowest BCUT2D eigenvalue weighted by Crippen LogP contribution is -2.08. The molecule has 0 aliphatic heterocycles. The Morgan fingerprint density at radius 1 is 0.760 bits per heavy atom. The molecular weight excluding hydrogens is 310 g/mol. The number of esters is 1. The summed E-state index contributed by atoms with van der Waals surface area (Å²) in [5, 5.41) is 0. The number of carbonyl (C=O) groups is 1. The summed E-state index contributed by atoms with van der Waals surface area (Å²) in [7, 11) is 0. The lowest BCUT2D eigenvalue weighted by Gasteiger charge is -2.04. The highest BCUT2D eigenvalue weighted by molar-refractivity contribution is 5.69. The second kappa shape index (κ2) is 21.2. The molecule has 0 saturated heterocycles. The van der Waals surface area contributed by atoms with E-state index in [1.807, 2.05) is 0 Å². The van der Waals surface area contributed by atoms with Crippen LogP contribution in [0.4, 0.5) is 0 Å². The summed E-state index contributed by atoms with van der Waals surface area (Å²) in [5.74, 6) is -0.0989. The fraction of sp³-hybridized carbons (Fsp3) is 0.864. The van der Waals surface area contributed by atoms with Gasteiger partial charge in [0.25, 0.3) is 0 Å². The van der Waals surface area contributed by atoms with Crippen molar-refractivity contribution in [3.05, 3.63) is 12.2 Å². The summed E-state index contributed by atoms with van der Waals surface area (Å²) < 4.78 is 5.16. The number of carbonyl (C=O) groups excluding carboxylic acids is 1. The molecular formula is C22H43NO2. The molecule has 0 heterocycles. The largest absolute Gasteiger partial charge is 0.466 e. The highest BCUT2D eigenvalue weighted by atomic mass is 16.5. The van der Waals surface area contributed by atoms with Gasteiger partial charge in [-0.1, -0.05) is 76.9 Å². The average molecular weight is 354 g/mol. The zero-order valence-electron chi connectivity index (χ0n) is 16.8. The third kappa shape index (κ3) is 21.1. The molecule has 3 heteroatoms. The van der Waals surface area contributed by atoms with Crippen LogP contribution in [0.25, 0.3) is 0 Å². The van der Waals surface area contributed by atoms with E-state index in [1.165, 1.54) is 77.0 Å². The standard InChI is InChI=1S/C22H43NO2/c1-2-3-4-5-6-7-8-9-10-11-12-13-14-15-16-17-21-25-22(24)19-18-20-23/h9-10H,2-8,11-21,23H2,1H3. The molecule has 0 rings (SSSR count). The third-order valence-electron chi connectivity index (χ3n) is 4.50. The smallest absolute Gasteiger partial charge is 0.305 e. The molecule has 0 fully saturated rings. The van der Waals surface area contributed by atoms with Crippen molar-refractivity contribution in [3.63, 3.8) is 0 Å². The van der Waals surface area contributed by atoms with Gasteiger partial charge in [0.1, 0.15) is 0 Å². The van der Waals surface area contributed by atoms with Gasteiger partial charge in [0.15, 0.2) is 0 Å². The zero-order valence-corrected chi connectivity index (χ0v) is 16.8. The van der Waals surface area contributed by atoms with Crippen molar-refractivity contribution < 1.29 is 9.53 Å². The van der Waals surface area contributed by atoms with Gasteiger partial charge in [-0.2, -0.15) is 0 Å². The summed E-state index contributed by atoms with van der Waals surface area (Å²) in [5.41, 5.74) is 5.36. The van der Waals surface area contributed by atoms with Gasteiger partial charge in [-0.05, 0) is 45.1 Å². The first kappa shape index (κ1) is 24.2. The van der Waals surface area contributed by atoms with E-state index in [1.54, 1.807) is 0 Å². The number of rotatable bonds is 19. The number of hydrogen-bond acceptors (Lipinski definition) is 3. The molecule has 0 saturated carbocycles. The molecule has 0 aliphatic carbocycles. The fourth-order valence-electron chi connectivity index (χ4n) is 2.85. The van der Waals surface area contributed by atoms with Crippen molar-refractivity contribution in [1.82, 2.24) is 0 Å². The molecule has 0 aromatic heterocycles. The van der Waals surface area contributed by atoms with Crippen molar-refractivity contribution >= 4 is 5.97 Å². The molecule has 3 nitrogen and oxygen atoms in total. The van der Waals surface area contributed by atoms with Crippen molar-refractivity contribution in [2.45, 2.75) is 110 Å². The minimum atomic E-state index is -0.0989. The van der Waals surface area contributed by atoms with E-state index < -0.39 is 0 Å². The number of unbranched alkanes of at least 4 members (excludes halogenated alkanes) is 12. The Labute approximate surface area is 156 Å². The number of hydrogen-bond donors (Lipinski definition) is 1. The van der Waals surface area contributed by atoms with E-state index in [-0.39, 0.29) is 5.97 Å². The van der Waals surface area contributed by atoms with Crippen molar-refractivity contribution in [1.29, 1.82) is 0 Å². The lowest BCUT2D eigenvalue weighted by atomic mass is 10.1. The highest BCUT2D eigenvalue weighted by Crippen LogP contribution is 2.10. The average Bonchev–Trinajstić information content (AvgIpc) is 2.62. The second-order valence-electron chi connectivity index (χ2n) is 7.05. The second-order valence-corrected chi connectivity index (χ2v) is 7.05. The van der Waals surface area contributed by atoms with E-state index in [2.05, 4.69) is 19.1 Å². The maximum Gasteiger partial charge on any atom is 0.305 e. The summed E-state index contributed by atoms with van der Waals surface area (Å²) in [6.45, 7) is 3.40. The van der Waals surface area contributed by atoms with Crippen LogP contribution in [0, 0.1) is 0 Å². The number of ether oxygens (including phenoxy) is 1. The first-order chi connectivity index (χ1) is 12.3. The summed E-state index contributed by atoms with van der Waals surface area (Å²) in [6, 6.07) is 0. The normalized spacial score (nSPS) is 11.3. The Morgan fingerprint density at radius 3 is 1.84 bits per heavy atom. The highest BCUT2D eigenvalue weighted by Gasteiger charge is 2.00. The van der Waals surface area contributed by atoms with Gasteiger partial charge in [-0.15, -0.1) is 0 Å². The van der Waals surface area contributed by atoms with Gasteiger partial charge in [0.2, 0.25) is 0 Å². The SMILES string of the molecule is CCCCCCCCC=CCCCCCCCCOC(=O)CCCN. The van der Waals surface area contributed by atoms with Crippen LogP contribution in [0.5, 0.6) is 0 Å². The van der Waals surface area contributed by atoms with Crippen LogP contribution in [0.3, 0.4) is 0 Å². The monoisotopic (exact) mass is 353 g/mol. The molecule has 0 radical (unpaired) electrons. The van der Waals surface area contributed by atoms with Gasteiger partial charge in [-0.25, -0.2) is 0 Å². The fourth-order valence-corrected chi connectivity index (χ4v) is 2.85. The minimum absolute atomic E-state index is 0.0989. The summed E-state index contributed by atoms with van der Waals surface area (Å²) >= 11 is 0. The van der Waals surface area contributed by atoms with Gasteiger partial charge < -0.3 is 10.5 Å². The number of nitrogens with two attached hydrogens (primary N) is 1. The molecule has 0 aromatic rings. The van der Waals surface area contributed by atoms with E-state index in [9.17, 15) is 4.79 Å². The first-order valence-electron chi connectivity index (χ1n) is 10.8.